The van der Waals surface area contributed by atoms with Crippen LogP contribution in [0.5, 0.6) is 0 Å². The van der Waals surface area contributed by atoms with Crippen molar-refractivity contribution in [2.24, 2.45) is 5.92 Å². The summed E-state index contributed by atoms with van der Waals surface area (Å²) in [6.07, 6.45) is 5.62. The number of likely N-dealkylation sites (N-methyl/N-ethyl adjacent to an activating group) is 1. The third kappa shape index (κ3) is 5.80. The Kier molecular flexibility index (Phi) is 7.62. The molecule has 6 nitrogen and oxygen atoms in total. The van der Waals surface area contributed by atoms with Crippen molar-refractivity contribution in [3.8, 4) is 0 Å². The first kappa shape index (κ1) is 23.2. The highest BCUT2D eigenvalue weighted by Gasteiger charge is 2.28. The molecule has 166 valence electrons. The largest absolute Gasteiger partial charge is 0.348 e. The maximum atomic E-state index is 12.9. The van der Waals surface area contributed by atoms with Gasteiger partial charge in [-0.1, -0.05) is 61.7 Å². The predicted octanol–water partition coefficient (Wildman–Crippen LogP) is 3.95. The average Bonchev–Trinajstić information content (AvgIpc) is 2.78. The Morgan fingerprint density at radius 2 is 1.61 bits per heavy atom. The lowest BCUT2D eigenvalue weighted by Crippen LogP contribution is -2.42. The monoisotopic (exact) mass is 442 g/mol. The standard InChI is InChI=1S/C24H30N2O4S/c1-18(27)19-13-15-22(16-14-19)31(29,30)26(2)17-23(28)25-24(20-9-5-3-6-10-20)21-11-7-4-8-12-21/h3,5-6,9-10,13-16,21,24H,4,7-8,11-12,17H2,1-2H3,(H,25,28). The van der Waals surface area contributed by atoms with E-state index in [2.05, 4.69) is 5.32 Å². The van der Waals surface area contributed by atoms with Crippen molar-refractivity contribution < 1.29 is 18.0 Å². The van der Waals surface area contributed by atoms with Crippen LogP contribution in [0.4, 0.5) is 0 Å². The van der Waals surface area contributed by atoms with Crippen molar-refractivity contribution >= 4 is 21.7 Å². The molecular weight excluding hydrogens is 412 g/mol. The smallest absolute Gasteiger partial charge is 0.243 e. The summed E-state index contributed by atoms with van der Waals surface area (Å²) in [5.41, 5.74) is 1.49. The zero-order chi connectivity index (χ0) is 22.4. The molecule has 1 fully saturated rings. The van der Waals surface area contributed by atoms with Crippen molar-refractivity contribution in [3.63, 3.8) is 0 Å². The molecule has 0 bridgehead atoms. The third-order valence-corrected chi connectivity index (χ3v) is 7.75. The van der Waals surface area contributed by atoms with Crippen LogP contribution in [0.3, 0.4) is 0 Å². The SMILES string of the molecule is CC(=O)c1ccc(S(=O)(=O)N(C)CC(=O)NC(c2ccccc2)C2CCCCC2)cc1. The van der Waals surface area contributed by atoms with Gasteiger partial charge in [-0.3, -0.25) is 9.59 Å². The van der Waals surface area contributed by atoms with Gasteiger partial charge >= 0.3 is 0 Å². The molecule has 1 aliphatic rings. The van der Waals surface area contributed by atoms with E-state index in [0.717, 1.165) is 35.6 Å². The number of nitrogens with one attached hydrogen (secondary N) is 1. The fourth-order valence-corrected chi connectivity index (χ4v) is 5.28. The molecule has 0 saturated heterocycles. The minimum Gasteiger partial charge on any atom is -0.348 e. The van der Waals surface area contributed by atoms with Gasteiger partial charge in [0.15, 0.2) is 5.78 Å². The molecule has 3 rings (SSSR count). The molecule has 1 unspecified atom stereocenters. The Morgan fingerprint density at radius 1 is 1.00 bits per heavy atom. The molecule has 0 aromatic heterocycles. The fraction of sp³-hybridized carbons (Fsp3) is 0.417. The Hall–Kier alpha value is -2.51. The normalized spacial score (nSPS) is 16.1. The van der Waals surface area contributed by atoms with Gasteiger partial charge in [0.05, 0.1) is 17.5 Å². The third-order valence-electron chi connectivity index (χ3n) is 5.93. The van der Waals surface area contributed by atoms with Crippen molar-refractivity contribution in [1.29, 1.82) is 0 Å². The van der Waals surface area contributed by atoms with Gasteiger partial charge < -0.3 is 5.32 Å². The number of hydrogen-bond acceptors (Lipinski definition) is 4. The molecule has 2 aromatic rings. The van der Waals surface area contributed by atoms with Gasteiger partial charge in [0.1, 0.15) is 0 Å². The van der Waals surface area contributed by atoms with Gasteiger partial charge in [0, 0.05) is 12.6 Å². The van der Waals surface area contributed by atoms with E-state index in [9.17, 15) is 18.0 Å². The zero-order valence-electron chi connectivity index (χ0n) is 18.1. The van der Waals surface area contributed by atoms with Gasteiger partial charge in [0.25, 0.3) is 0 Å². The molecule has 0 heterocycles. The average molecular weight is 443 g/mol. The second-order valence-electron chi connectivity index (χ2n) is 8.20. The van der Waals surface area contributed by atoms with E-state index in [4.69, 9.17) is 0 Å². The van der Waals surface area contributed by atoms with E-state index < -0.39 is 10.0 Å². The first-order valence-corrected chi connectivity index (χ1v) is 12.1. The van der Waals surface area contributed by atoms with Crippen molar-refractivity contribution in [3.05, 3.63) is 65.7 Å². The summed E-state index contributed by atoms with van der Waals surface area (Å²) in [4.78, 5) is 24.3. The van der Waals surface area contributed by atoms with Crippen LogP contribution >= 0.6 is 0 Å². The van der Waals surface area contributed by atoms with Gasteiger partial charge in [-0.2, -0.15) is 4.31 Å². The summed E-state index contributed by atoms with van der Waals surface area (Å²) in [5, 5.41) is 3.09. The molecule has 2 aromatic carbocycles. The number of nitrogens with zero attached hydrogens (tertiary/aromatic N) is 1. The maximum Gasteiger partial charge on any atom is 0.243 e. The first-order valence-electron chi connectivity index (χ1n) is 10.7. The molecule has 1 atom stereocenters. The minimum absolute atomic E-state index is 0.0553. The summed E-state index contributed by atoms with van der Waals surface area (Å²) in [6, 6.07) is 15.5. The molecule has 0 aliphatic heterocycles. The number of rotatable bonds is 8. The van der Waals surface area contributed by atoms with Crippen molar-refractivity contribution in [2.75, 3.05) is 13.6 Å². The van der Waals surface area contributed by atoms with Crippen molar-refractivity contribution in [1.82, 2.24) is 9.62 Å². The summed E-state index contributed by atoms with van der Waals surface area (Å²) in [5.74, 6) is -0.113. The summed E-state index contributed by atoms with van der Waals surface area (Å²) in [6.45, 7) is 1.16. The number of Topliss-reactive ketones (excluding diaryl/α,β-unsaturated/α-hetero) is 1. The Morgan fingerprint density at radius 3 is 2.19 bits per heavy atom. The molecular formula is C24H30N2O4S. The summed E-state index contributed by atoms with van der Waals surface area (Å²) >= 11 is 0. The zero-order valence-corrected chi connectivity index (χ0v) is 18.9. The van der Waals surface area contributed by atoms with Crippen LogP contribution in [0.2, 0.25) is 0 Å². The van der Waals surface area contributed by atoms with Gasteiger partial charge in [-0.15, -0.1) is 0 Å². The lowest BCUT2D eigenvalue weighted by molar-refractivity contribution is -0.122. The second-order valence-corrected chi connectivity index (χ2v) is 10.2. The summed E-state index contributed by atoms with van der Waals surface area (Å²) in [7, 11) is -2.45. The van der Waals surface area contributed by atoms with E-state index in [-0.39, 0.29) is 29.2 Å². The van der Waals surface area contributed by atoms with E-state index in [1.165, 1.54) is 44.7 Å². The molecule has 31 heavy (non-hydrogen) atoms. The van der Waals surface area contributed by atoms with Gasteiger partial charge in [-0.25, -0.2) is 8.42 Å². The van der Waals surface area contributed by atoms with Crippen LogP contribution < -0.4 is 5.32 Å². The molecule has 1 amide bonds. The highest BCUT2D eigenvalue weighted by Crippen LogP contribution is 2.34. The predicted molar refractivity (Wildman–Crippen MR) is 120 cm³/mol. The van der Waals surface area contributed by atoms with Crippen LogP contribution in [0.15, 0.2) is 59.5 Å². The van der Waals surface area contributed by atoms with E-state index in [1.54, 1.807) is 0 Å². The fourth-order valence-electron chi connectivity index (χ4n) is 4.15. The summed E-state index contributed by atoms with van der Waals surface area (Å²) < 4.78 is 26.8. The van der Waals surface area contributed by atoms with Crippen LogP contribution in [-0.4, -0.2) is 38.0 Å². The molecule has 0 radical (unpaired) electrons. The molecule has 1 saturated carbocycles. The molecule has 1 N–H and O–H groups in total. The van der Waals surface area contributed by atoms with E-state index in [0.29, 0.717) is 11.5 Å². The van der Waals surface area contributed by atoms with Crippen molar-refractivity contribution in [2.45, 2.75) is 50.0 Å². The number of carbonyl (C=O) groups is 2. The van der Waals surface area contributed by atoms with Crippen LogP contribution in [0.1, 0.15) is 61.0 Å². The van der Waals surface area contributed by atoms with Crippen LogP contribution in [0.25, 0.3) is 0 Å². The number of amides is 1. The second kappa shape index (κ2) is 10.2. The molecule has 1 aliphatic carbocycles. The Balaban J connectivity index is 1.71. The van der Waals surface area contributed by atoms with Crippen LogP contribution in [-0.2, 0) is 14.8 Å². The van der Waals surface area contributed by atoms with E-state index >= 15 is 0 Å². The molecule has 7 heteroatoms. The number of carbonyl (C=O) groups excluding carboxylic acids is 2. The number of ketones is 1. The minimum atomic E-state index is -3.84. The molecule has 0 spiro atoms. The first-order chi connectivity index (χ1) is 14.8. The maximum absolute atomic E-state index is 12.9. The topological polar surface area (TPSA) is 83.6 Å². The Labute approximate surface area is 184 Å². The Bertz CT molecular complexity index is 998. The van der Waals surface area contributed by atoms with Gasteiger partial charge in [0.2, 0.25) is 15.9 Å². The van der Waals surface area contributed by atoms with Gasteiger partial charge in [-0.05, 0) is 43.4 Å². The highest BCUT2D eigenvalue weighted by atomic mass is 32.2. The lowest BCUT2D eigenvalue weighted by atomic mass is 9.81. The number of hydrogen-bond donors (Lipinski definition) is 1. The lowest BCUT2D eigenvalue weighted by Gasteiger charge is -2.32. The van der Waals surface area contributed by atoms with Crippen LogP contribution in [0, 0.1) is 5.92 Å². The quantitative estimate of drug-likeness (QED) is 0.628. The number of sulfonamides is 1. The number of benzene rings is 2. The highest BCUT2D eigenvalue weighted by molar-refractivity contribution is 7.89. The van der Waals surface area contributed by atoms with E-state index in [1.807, 2.05) is 30.3 Å².